The summed E-state index contributed by atoms with van der Waals surface area (Å²) in [7, 11) is 2.19. The van der Waals surface area contributed by atoms with E-state index < -0.39 is 0 Å². The fourth-order valence-corrected chi connectivity index (χ4v) is 3.54. The molecule has 1 saturated heterocycles. The number of para-hydroxylation sites is 1. The molecule has 0 spiro atoms. The number of benzene rings is 1. The molecule has 0 bridgehead atoms. The zero-order valence-electron chi connectivity index (χ0n) is 12.8. The Morgan fingerprint density at radius 2 is 2.05 bits per heavy atom. The Labute approximate surface area is 121 Å². The van der Waals surface area contributed by atoms with Gasteiger partial charge in [0.25, 0.3) is 0 Å². The Morgan fingerprint density at radius 3 is 2.75 bits per heavy atom. The fourth-order valence-electron chi connectivity index (χ4n) is 3.54. The number of piperidine rings is 1. The lowest BCUT2D eigenvalue weighted by molar-refractivity contribution is 0.137. The summed E-state index contributed by atoms with van der Waals surface area (Å²) in [6.45, 7) is 6.70. The van der Waals surface area contributed by atoms with Crippen LogP contribution in [0.4, 0.5) is 0 Å². The van der Waals surface area contributed by atoms with Crippen molar-refractivity contribution in [1.29, 1.82) is 0 Å². The SMILES string of the molecule is Cc1c(CN2CCC(N)CC2C)n(C)c2ccccc12. The molecule has 2 unspecified atom stereocenters. The van der Waals surface area contributed by atoms with Crippen LogP contribution in [-0.2, 0) is 13.6 Å². The number of nitrogens with two attached hydrogens (primary N) is 1. The number of hydrogen-bond acceptors (Lipinski definition) is 2. The molecule has 0 aliphatic carbocycles. The maximum atomic E-state index is 6.07. The van der Waals surface area contributed by atoms with Crippen molar-refractivity contribution in [2.24, 2.45) is 12.8 Å². The first kappa shape index (κ1) is 13.7. The Hall–Kier alpha value is -1.32. The summed E-state index contributed by atoms with van der Waals surface area (Å²) < 4.78 is 2.35. The predicted octanol–water partition coefficient (Wildman–Crippen LogP) is 2.80. The fraction of sp³-hybridized carbons (Fsp3) is 0.529. The topological polar surface area (TPSA) is 34.2 Å². The van der Waals surface area contributed by atoms with Gasteiger partial charge in [0.15, 0.2) is 0 Å². The number of nitrogens with zero attached hydrogens (tertiary/aromatic N) is 2. The van der Waals surface area contributed by atoms with Gasteiger partial charge in [-0.3, -0.25) is 4.90 Å². The number of hydrogen-bond donors (Lipinski definition) is 1. The van der Waals surface area contributed by atoms with Crippen molar-refractivity contribution in [3.63, 3.8) is 0 Å². The normalized spacial score (nSPS) is 24.4. The molecular weight excluding hydrogens is 246 g/mol. The highest BCUT2D eigenvalue weighted by molar-refractivity contribution is 5.85. The molecule has 0 radical (unpaired) electrons. The molecule has 2 aromatic rings. The Morgan fingerprint density at radius 1 is 1.30 bits per heavy atom. The minimum atomic E-state index is 0.384. The minimum absolute atomic E-state index is 0.384. The van der Waals surface area contributed by atoms with E-state index in [-0.39, 0.29) is 0 Å². The molecule has 3 heteroatoms. The number of aryl methyl sites for hydroxylation is 2. The molecule has 108 valence electrons. The summed E-state index contributed by atoms with van der Waals surface area (Å²) in [4.78, 5) is 2.57. The van der Waals surface area contributed by atoms with Gasteiger partial charge in [0, 0.05) is 48.8 Å². The summed E-state index contributed by atoms with van der Waals surface area (Å²) in [6.07, 6.45) is 2.23. The van der Waals surface area contributed by atoms with Gasteiger partial charge in [0.1, 0.15) is 0 Å². The van der Waals surface area contributed by atoms with Crippen LogP contribution in [0, 0.1) is 6.92 Å². The molecule has 3 nitrogen and oxygen atoms in total. The molecule has 1 aliphatic rings. The minimum Gasteiger partial charge on any atom is -0.346 e. The standard InChI is InChI=1S/C17H25N3/c1-12-10-14(18)8-9-20(12)11-17-13(2)15-6-4-5-7-16(15)19(17)3/h4-7,12,14H,8-11,18H2,1-3H3. The van der Waals surface area contributed by atoms with E-state index in [1.165, 1.54) is 22.2 Å². The first-order chi connectivity index (χ1) is 9.58. The average Bonchev–Trinajstić information content (AvgIpc) is 2.67. The average molecular weight is 271 g/mol. The van der Waals surface area contributed by atoms with E-state index in [1.54, 1.807) is 0 Å². The zero-order valence-corrected chi connectivity index (χ0v) is 12.8. The summed E-state index contributed by atoms with van der Waals surface area (Å²) in [5.74, 6) is 0. The summed E-state index contributed by atoms with van der Waals surface area (Å²) >= 11 is 0. The van der Waals surface area contributed by atoms with Gasteiger partial charge in [-0.25, -0.2) is 0 Å². The van der Waals surface area contributed by atoms with Crippen LogP contribution in [-0.4, -0.2) is 28.1 Å². The van der Waals surface area contributed by atoms with Crippen LogP contribution in [0.1, 0.15) is 31.0 Å². The molecule has 0 amide bonds. The second-order valence-corrected chi connectivity index (χ2v) is 6.25. The Balaban J connectivity index is 1.91. The third-order valence-corrected chi connectivity index (χ3v) is 4.91. The van der Waals surface area contributed by atoms with Gasteiger partial charge in [0.2, 0.25) is 0 Å². The molecule has 0 saturated carbocycles. The van der Waals surface area contributed by atoms with Crippen LogP contribution in [0.25, 0.3) is 10.9 Å². The van der Waals surface area contributed by atoms with Gasteiger partial charge in [-0.2, -0.15) is 0 Å². The van der Waals surface area contributed by atoms with Crippen LogP contribution >= 0.6 is 0 Å². The van der Waals surface area contributed by atoms with Gasteiger partial charge >= 0.3 is 0 Å². The quantitative estimate of drug-likeness (QED) is 0.911. The third kappa shape index (κ3) is 2.25. The van der Waals surface area contributed by atoms with Gasteiger partial charge in [0.05, 0.1) is 0 Å². The molecule has 1 aromatic carbocycles. The highest BCUT2D eigenvalue weighted by atomic mass is 15.2. The van der Waals surface area contributed by atoms with Gasteiger partial charge < -0.3 is 10.3 Å². The zero-order chi connectivity index (χ0) is 14.3. The molecular formula is C17H25N3. The van der Waals surface area contributed by atoms with Crippen molar-refractivity contribution in [3.8, 4) is 0 Å². The molecule has 2 N–H and O–H groups in total. The first-order valence-electron chi connectivity index (χ1n) is 7.60. The van der Waals surface area contributed by atoms with Crippen molar-refractivity contribution in [2.75, 3.05) is 6.54 Å². The lowest BCUT2D eigenvalue weighted by Gasteiger charge is -2.36. The maximum Gasteiger partial charge on any atom is 0.0483 e. The third-order valence-electron chi connectivity index (χ3n) is 4.91. The molecule has 2 heterocycles. The second-order valence-electron chi connectivity index (χ2n) is 6.25. The predicted molar refractivity (Wildman–Crippen MR) is 84.7 cm³/mol. The lowest BCUT2D eigenvalue weighted by Crippen LogP contribution is -2.45. The van der Waals surface area contributed by atoms with E-state index in [0.717, 1.165) is 25.9 Å². The Kier molecular flexibility index (Phi) is 3.57. The lowest BCUT2D eigenvalue weighted by atomic mass is 9.98. The van der Waals surface area contributed by atoms with E-state index in [0.29, 0.717) is 12.1 Å². The number of rotatable bonds is 2. The van der Waals surface area contributed by atoms with E-state index in [9.17, 15) is 0 Å². The second kappa shape index (κ2) is 5.23. The number of aromatic nitrogens is 1. The summed E-state index contributed by atoms with van der Waals surface area (Å²) in [6, 6.07) is 9.65. The van der Waals surface area contributed by atoms with Gasteiger partial charge in [-0.1, -0.05) is 18.2 Å². The Bertz CT molecular complexity index is 575. The van der Waals surface area contributed by atoms with E-state index in [2.05, 4.69) is 54.6 Å². The van der Waals surface area contributed by atoms with Crippen molar-refractivity contribution in [3.05, 3.63) is 35.5 Å². The van der Waals surface area contributed by atoms with Crippen molar-refractivity contribution >= 4 is 10.9 Å². The van der Waals surface area contributed by atoms with Crippen molar-refractivity contribution in [1.82, 2.24) is 9.47 Å². The molecule has 1 fully saturated rings. The van der Waals surface area contributed by atoms with Crippen LogP contribution in [0.15, 0.2) is 24.3 Å². The molecule has 1 aromatic heterocycles. The van der Waals surface area contributed by atoms with Crippen LogP contribution in [0.5, 0.6) is 0 Å². The molecule has 3 rings (SSSR count). The molecule has 1 aliphatic heterocycles. The number of fused-ring (bicyclic) bond motifs is 1. The summed E-state index contributed by atoms with van der Waals surface area (Å²) in [5.41, 5.74) is 10.3. The van der Waals surface area contributed by atoms with E-state index in [1.807, 2.05) is 0 Å². The molecule has 2 atom stereocenters. The monoisotopic (exact) mass is 271 g/mol. The van der Waals surface area contributed by atoms with Gasteiger partial charge in [-0.05, 0) is 38.3 Å². The highest BCUT2D eigenvalue weighted by Gasteiger charge is 2.24. The first-order valence-corrected chi connectivity index (χ1v) is 7.60. The smallest absolute Gasteiger partial charge is 0.0483 e. The van der Waals surface area contributed by atoms with Crippen LogP contribution < -0.4 is 5.73 Å². The number of likely N-dealkylation sites (tertiary alicyclic amines) is 1. The highest BCUT2D eigenvalue weighted by Crippen LogP contribution is 2.27. The van der Waals surface area contributed by atoms with Gasteiger partial charge in [-0.15, -0.1) is 0 Å². The van der Waals surface area contributed by atoms with Crippen molar-refractivity contribution in [2.45, 2.75) is 45.3 Å². The van der Waals surface area contributed by atoms with Crippen molar-refractivity contribution < 1.29 is 0 Å². The maximum absolute atomic E-state index is 6.07. The molecule has 20 heavy (non-hydrogen) atoms. The van der Waals surface area contributed by atoms with Crippen LogP contribution in [0.3, 0.4) is 0 Å². The van der Waals surface area contributed by atoms with E-state index >= 15 is 0 Å². The largest absolute Gasteiger partial charge is 0.346 e. The van der Waals surface area contributed by atoms with Crippen LogP contribution in [0.2, 0.25) is 0 Å². The van der Waals surface area contributed by atoms with E-state index in [4.69, 9.17) is 5.73 Å². The summed E-state index contributed by atoms with van der Waals surface area (Å²) in [5, 5.41) is 1.38.